The fourth-order valence-corrected chi connectivity index (χ4v) is 3.03. The number of rotatable bonds is 7. The summed E-state index contributed by atoms with van der Waals surface area (Å²) in [6, 6.07) is 1.60. The highest BCUT2D eigenvalue weighted by Crippen LogP contribution is 2.27. The maximum atomic E-state index is 5.48. The molecule has 2 heterocycles. The molecular formula is C13H26N2O. The van der Waals surface area contributed by atoms with E-state index < -0.39 is 0 Å². The van der Waals surface area contributed by atoms with E-state index in [0.717, 1.165) is 44.7 Å². The third-order valence-corrected chi connectivity index (χ3v) is 3.83. The van der Waals surface area contributed by atoms with Gasteiger partial charge in [-0.2, -0.15) is 0 Å². The number of nitrogens with one attached hydrogen (secondary N) is 1. The van der Waals surface area contributed by atoms with Crippen LogP contribution < -0.4 is 5.32 Å². The number of nitrogens with zero attached hydrogens (tertiary/aromatic N) is 1. The molecule has 2 aliphatic heterocycles. The Morgan fingerprint density at radius 3 is 3.06 bits per heavy atom. The zero-order chi connectivity index (χ0) is 11.2. The van der Waals surface area contributed by atoms with Gasteiger partial charge in [0.25, 0.3) is 0 Å². The van der Waals surface area contributed by atoms with Gasteiger partial charge in [0.05, 0.1) is 0 Å². The van der Waals surface area contributed by atoms with Gasteiger partial charge in [-0.05, 0) is 45.2 Å². The van der Waals surface area contributed by atoms with Crippen LogP contribution in [0.1, 0.15) is 39.0 Å². The van der Waals surface area contributed by atoms with Crippen LogP contribution >= 0.6 is 0 Å². The van der Waals surface area contributed by atoms with E-state index in [0.29, 0.717) is 0 Å². The molecule has 3 heteroatoms. The average molecular weight is 226 g/mol. The molecule has 2 rings (SSSR count). The van der Waals surface area contributed by atoms with E-state index in [1.54, 1.807) is 0 Å². The van der Waals surface area contributed by atoms with E-state index in [-0.39, 0.29) is 0 Å². The second-order valence-electron chi connectivity index (χ2n) is 5.06. The van der Waals surface area contributed by atoms with Crippen molar-refractivity contribution in [1.29, 1.82) is 0 Å². The van der Waals surface area contributed by atoms with Gasteiger partial charge in [0.2, 0.25) is 0 Å². The molecule has 0 aliphatic carbocycles. The number of fused-ring (bicyclic) bond motifs is 1. The molecular weight excluding hydrogens is 200 g/mol. The summed E-state index contributed by atoms with van der Waals surface area (Å²) >= 11 is 0. The Labute approximate surface area is 99.5 Å². The van der Waals surface area contributed by atoms with Crippen molar-refractivity contribution in [3.05, 3.63) is 0 Å². The minimum Gasteiger partial charge on any atom is -0.381 e. The van der Waals surface area contributed by atoms with Crippen LogP contribution in [0.25, 0.3) is 0 Å². The third-order valence-electron chi connectivity index (χ3n) is 3.83. The monoisotopic (exact) mass is 226 g/mol. The van der Waals surface area contributed by atoms with Gasteiger partial charge >= 0.3 is 0 Å². The fraction of sp³-hybridized carbons (Fsp3) is 1.00. The minimum atomic E-state index is 0.758. The smallest absolute Gasteiger partial charge is 0.0478 e. The molecule has 1 N–H and O–H groups in total. The van der Waals surface area contributed by atoms with Crippen molar-refractivity contribution in [3.8, 4) is 0 Å². The SMILES string of the molecule is CCCOCCCNC1CCN2CCCC12. The van der Waals surface area contributed by atoms with Crippen LogP contribution in [0.4, 0.5) is 0 Å². The standard InChI is InChI=1S/C13H26N2O/c1-2-10-16-11-4-7-14-12-6-9-15-8-3-5-13(12)15/h12-14H,2-11H2,1H3. The Morgan fingerprint density at radius 2 is 2.19 bits per heavy atom. The lowest BCUT2D eigenvalue weighted by molar-refractivity contribution is 0.131. The van der Waals surface area contributed by atoms with Crippen molar-refractivity contribution in [2.45, 2.75) is 51.1 Å². The maximum absolute atomic E-state index is 5.48. The van der Waals surface area contributed by atoms with E-state index in [9.17, 15) is 0 Å². The Morgan fingerprint density at radius 1 is 1.25 bits per heavy atom. The minimum absolute atomic E-state index is 0.758. The molecule has 2 aliphatic rings. The fourth-order valence-electron chi connectivity index (χ4n) is 3.03. The van der Waals surface area contributed by atoms with E-state index in [1.807, 2.05) is 0 Å². The van der Waals surface area contributed by atoms with Crippen LogP contribution in [0, 0.1) is 0 Å². The molecule has 0 radical (unpaired) electrons. The first kappa shape index (κ1) is 12.3. The second kappa shape index (κ2) is 6.58. The van der Waals surface area contributed by atoms with Gasteiger partial charge in [0.15, 0.2) is 0 Å². The molecule has 0 aromatic carbocycles. The topological polar surface area (TPSA) is 24.5 Å². The van der Waals surface area contributed by atoms with Crippen LogP contribution in [-0.2, 0) is 4.74 Å². The van der Waals surface area contributed by atoms with E-state index >= 15 is 0 Å². The van der Waals surface area contributed by atoms with Gasteiger partial charge in [0.1, 0.15) is 0 Å². The number of ether oxygens (including phenoxy) is 1. The molecule has 0 saturated carbocycles. The predicted molar refractivity (Wildman–Crippen MR) is 66.7 cm³/mol. The molecule has 2 saturated heterocycles. The van der Waals surface area contributed by atoms with Gasteiger partial charge in [-0.1, -0.05) is 6.92 Å². The number of hydrogen-bond donors (Lipinski definition) is 1. The Bertz CT molecular complexity index is 198. The molecule has 0 aromatic heterocycles. The highest BCUT2D eigenvalue weighted by Gasteiger charge is 2.36. The lowest BCUT2D eigenvalue weighted by Crippen LogP contribution is -2.39. The van der Waals surface area contributed by atoms with Crippen LogP contribution in [0.5, 0.6) is 0 Å². The first-order chi connectivity index (χ1) is 7.92. The Balaban J connectivity index is 1.53. The Hall–Kier alpha value is -0.120. The van der Waals surface area contributed by atoms with E-state index in [4.69, 9.17) is 4.74 Å². The molecule has 16 heavy (non-hydrogen) atoms. The van der Waals surface area contributed by atoms with Crippen LogP contribution in [0.3, 0.4) is 0 Å². The van der Waals surface area contributed by atoms with Crippen molar-refractivity contribution < 1.29 is 4.74 Å². The van der Waals surface area contributed by atoms with E-state index in [2.05, 4.69) is 17.1 Å². The van der Waals surface area contributed by atoms with Crippen molar-refractivity contribution in [3.63, 3.8) is 0 Å². The summed E-state index contributed by atoms with van der Waals surface area (Å²) in [5.41, 5.74) is 0. The zero-order valence-corrected chi connectivity index (χ0v) is 10.6. The van der Waals surface area contributed by atoms with Crippen molar-refractivity contribution in [1.82, 2.24) is 10.2 Å². The molecule has 0 aromatic rings. The van der Waals surface area contributed by atoms with Gasteiger partial charge in [-0.25, -0.2) is 0 Å². The molecule has 94 valence electrons. The molecule has 0 spiro atoms. The lowest BCUT2D eigenvalue weighted by Gasteiger charge is -2.21. The summed E-state index contributed by atoms with van der Waals surface area (Å²) in [7, 11) is 0. The molecule has 2 unspecified atom stereocenters. The van der Waals surface area contributed by atoms with Crippen molar-refractivity contribution in [2.24, 2.45) is 0 Å². The first-order valence-electron chi connectivity index (χ1n) is 6.97. The summed E-state index contributed by atoms with van der Waals surface area (Å²) in [6.07, 6.45) is 6.45. The summed E-state index contributed by atoms with van der Waals surface area (Å²) in [4.78, 5) is 2.66. The van der Waals surface area contributed by atoms with Crippen LogP contribution in [0.15, 0.2) is 0 Å². The maximum Gasteiger partial charge on any atom is 0.0478 e. The highest BCUT2D eigenvalue weighted by molar-refractivity contribution is 4.95. The molecule has 3 nitrogen and oxygen atoms in total. The first-order valence-corrected chi connectivity index (χ1v) is 6.97. The lowest BCUT2D eigenvalue weighted by atomic mass is 10.1. The molecule has 0 amide bonds. The molecule has 2 atom stereocenters. The zero-order valence-electron chi connectivity index (χ0n) is 10.6. The normalized spacial score (nSPS) is 29.8. The second-order valence-corrected chi connectivity index (χ2v) is 5.06. The quantitative estimate of drug-likeness (QED) is 0.668. The van der Waals surface area contributed by atoms with Gasteiger partial charge in [-0.3, -0.25) is 4.90 Å². The van der Waals surface area contributed by atoms with Crippen molar-refractivity contribution in [2.75, 3.05) is 32.8 Å². The van der Waals surface area contributed by atoms with Gasteiger partial charge < -0.3 is 10.1 Å². The van der Waals surface area contributed by atoms with Gasteiger partial charge in [0, 0.05) is 31.8 Å². The van der Waals surface area contributed by atoms with Gasteiger partial charge in [-0.15, -0.1) is 0 Å². The number of hydrogen-bond acceptors (Lipinski definition) is 3. The van der Waals surface area contributed by atoms with E-state index in [1.165, 1.54) is 32.4 Å². The summed E-state index contributed by atoms with van der Waals surface area (Å²) in [6.45, 7) is 7.77. The third kappa shape index (κ3) is 3.19. The Kier molecular flexibility index (Phi) is 5.07. The highest BCUT2D eigenvalue weighted by atomic mass is 16.5. The molecule has 2 fully saturated rings. The summed E-state index contributed by atoms with van der Waals surface area (Å²) in [5, 5.41) is 3.71. The predicted octanol–water partition coefficient (Wildman–Crippen LogP) is 1.63. The van der Waals surface area contributed by atoms with Crippen molar-refractivity contribution >= 4 is 0 Å². The van der Waals surface area contributed by atoms with Crippen LogP contribution in [-0.4, -0.2) is 49.8 Å². The summed E-state index contributed by atoms with van der Waals surface area (Å²) < 4.78 is 5.48. The summed E-state index contributed by atoms with van der Waals surface area (Å²) in [5.74, 6) is 0. The average Bonchev–Trinajstić information content (AvgIpc) is 2.87. The largest absolute Gasteiger partial charge is 0.381 e. The molecule has 0 bridgehead atoms. The van der Waals surface area contributed by atoms with Crippen LogP contribution in [0.2, 0.25) is 0 Å².